The van der Waals surface area contributed by atoms with Gasteiger partial charge in [0, 0.05) is 6.20 Å². The van der Waals surface area contributed by atoms with Crippen LogP contribution >= 0.6 is 15.9 Å². The van der Waals surface area contributed by atoms with E-state index in [2.05, 4.69) is 25.9 Å². The molecule has 2 aromatic rings. The summed E-state index contributed by atoms with van der Waals surface area (Å²) in [5, 5.41) is 17.8. The fourth-order valence-corrected chi connectivity index (χ4v) is 2.06. The van der Waals surface area contributed by atoms with Gasteiger partial charge in [-0.1, -0.05) is 0 Å². The van der Waals surface area contributed by atoms with Crippen molar-refractivity contribution in [3.63, 3.8) is 0 Å². The van der Waals surface area contributed by atoms with Crippen molar-refractivity contribution in [1.82, 2.24) is 14.5 Å². The van der Waals surface area contributed by atoms with Crippen molar-refractivity contribution in [2.75, 3.05) is 0 Å². The van der Waals surface area contributed by atoms with E-state index >= 15 is 0 Å². The third kappa shape index (κ3) is 1.91. The molecule has 0 spiro atoms. The Morgan fingerprint density at radius 3 is 2.65 bits per heavy atom. The highest BCUT2D eigenvalue weighted by Crippen LogP contribution is 2.21. The summed E-state index contributed by atoms with van der Waals surface area (Å²) in [6, 6.07) is 5.71. The first-order chi connectivity index (χ1) is 8.17. The molecule has 82 valence electrons. The van der Waals surface area contributed by atoms with Crippen LogP contribution < -0.4 is 0 Å². The average Bonchev–Trinajstić information content (AvgIpc) is 2.71. The highest BCUT2D eigenvalue weighted by Gasteiger charge is 2.14. The number of nitriles is 2. The summed E-state index contributed by atoms with van der Waals surface area (Å²) in [5.41, 5.74) is 1.28. The first kappa shape index (κ1) is 11.3. The van der Waals surface area contributed by atoms with E-state index in [-0.39, 0.29) is 11.4 Å². The van der Waals surface area contributed by atoms with E-state index < -0.39 is 0 Å². The van der Waals surface area contributed by atoms with Gasteiger partial charge >= 0.3 is 0 Å². The maximum Gasteiger partial charge on any atom is 0.177 e. The molecule has 17 heavy (non-hydrogen) atoms. The minimum absolute atomic E-state index is 0.0989. The van der Waals surface area contributed by atoms with E-state index in [0.29, 0.717) is 5.82 Å². The molecule has 5 nitrogen and oxygen atoms in total. The van der Waals surface area contributed by atoms with Gasteiger partial charge in [0.25, 0.3) is 0 Å². The summed E-state index contributed by atoms with van der Waals surface area (Å²) < 4.78 is 2.23. The Labute approximate surface area is 106 Å². The smallest absolute Gasteiger partial charge is 0.177 e. The predicted molar refractivity (Wildman–Crippen MR) is 63.2 cm³/mol. The fourth-order valence-electron chi connectivity index (χ4n) is 1.40. The second-order valence-corrected chi connectivity index (χ2v) is 4.21. The van der Waals surface area contributed by atoms with Crippen LogP contribution in [0.4, 0.5) is 0 Å². The first-order valence-corrected chi connectivity index (χ1v) is 5.46. The molecule has 0 unspecified atom stereocenters. The summed E-state index contributed by atoms with van der Waals surface area (Å²) in [7, 11) is 0. The van der Waals surface area contributed by atoms with Crippen LogP contribution in [0, 0.1) is 29.6 Å². The molecule has 0 aliphatic carbocycles. The molecule has 0 aromatic carbocycles. The van der Waals surface area contributed by atoms with Gasteiger partial charge in [0.05, 0.1) is 4.47 Å². The average molecular weight is 288 g/mol. The highest BCUT2D eigenvalue weighted by atomic mass is 79.9. The third-order valence-corrected chi connectivity index (χ3v) is 2.75. The standard InChI is InChI=1S/C11H6BrN5/c1-7-2-8(12)11(15-5-7)17-6-16-9(3-13)10(17)4-14/h2,5-6H,1H3. The zero-order valence-corrected chi connectivity index (χ0v) is 10.4. The number of hydrogen-bond donors (Lipinski definition) is 0. The molecule has 2 heterocycles. The number of imidazole rings is 1. The fraction of sp³-hybridized carbons (Fsp3) is 0.0909. The molecule has 0 radical (unpaired) electrons. The van der Waals surface area contributed by atoms with Gasteiger partial charge in [-0.05, 0) is 34.5 Å². The lowest BCUT2D eigenvalue weighted by Gasteiger charge is -2.05. The van der Waals surface area contributed by atoms with Crippen molar-refractivity contribution >= 4 is 15.9 Å². The number of rotatable bonds is 1. The quantitative estimate of drug-likeness (QED) is 0.804. The zero-order chi connectivity index (χ0) is 12.4. The summed E-state index contributed by atoms with van der Waals surface area (Å²) in [6.45, 7) is 1.92. The van der Waals surface area contributed by atoms with Crippen LogP contribution in [0.25, 0.3) is 5.82 Å². The predicted octanol–water partition coefficient (Wildman–Crippen LogP) is 2.08. The maximum atomic E-state index is 9.02. The number of aryl methyl sites for hydroxylation is 1. The van der Waals surface area contributed by atoms with Gasteiger partial charge in [-0.2, -0.15) is 10.5 Å². The normalized spacial score (nSPS) is 9.65. The van der Waals surface area contributed by atoms with Crippen molar-refractivity contribution in [1.29, 1.82) is 10.5 Å². The van der Waals surface area contributed by atoms with E-state index in [4.69, 9.17) is 10.5 Å². The van der Waals surface area contributed by atoms with Crippen LogP contribution in [0.3, 0.4) is 0 Å². The van der Waals surface area contributed by atoms with E-state index in [1.54, 1.807) is 6.20 Å². The van der Waals surface area contributed by atoms with Gasteiger partial charge in [-0.3, -0.25) is 4.57 Å². The van der Waals surface area contributed by atoms with Crippen LogP contribution in [0.5, 0.6) is 0 Å². The number of aromatic nitrogens is 3. The van der Waals surface area contributed by atoms with Crippen LogP contribution in [0.2, 0.25) is 0 Å². The lowest BCUT2D eigenvalue weighted by molar-refractivity contribution is 0.963. The van der Waals surface area contributed by atoms with Gasteiger partial charge in [0.1, 0.15) is 18.5 Å². The van der Waals surface area contributed by atoms with E-state index in [1.165, 1.54) is 10.9 Å². The molecule has 0 aliphatic rings. The van der Waals surface area contributed by atoms with Gasteiger partial charge < -0.3 is 0 Å². The summed E-state index contributed by atoms with van der Waals surface area (Å²) in [5.74, 6) is 0.543. The second kappa shape index (κ2) is 4.36. The molecule has 0 N–H and O–H groups in total. The van der Waals surface area contributed by atoms with Crippen LogP contribution in [0.1, 0.15) is 17.0 Å². The van der Waals surface area contributed by atoms with E-state index in [1.807, 2.05) is 25.1 Å². The minimum Gasteiger partial charge on any atom is -0.272 e. The molecule has 0 saturated heterocycles. The Kier molecular flexibility index (Phi) is 2.90. The molecule has 0 saturated carbocycles. The lowest BCUT2D eigenvalue weighted by atomic mass is 10.3. The molecule has 0 bridgehead atoms. The number of halogens is 1. The van der Waals surface area contributed by atoms with Crippen molar-refractivity contribution in [3.8, 4) is 18.0 Å². The lowest BCUT2D eigenvalue weighted by Crippen LogP contribution is -2.01. The number of nitrogens with zero attached hydrogens (tertiary/aromatic N) is 5. The van der Waals surface area contributed by atoms with Crippen LogP contribution in [0.15, 0.2) is 23.1 Å². The topological polar surface area (TPSA) is 78.3 Å². The van der Waals surface area contributed by atoms with Crippen LogP contribution in [-0.2, 0) is 0 Å². The third-order valence-electron chi connectivity index (χ3n) is 2.17. The summed E-state index contributed by atoms with van der Waals surface area (Å²) in [6.07, 6.45) is 3.10. The first-order valence-electron chi connectivity index (χ1n) is 4.67. The molecule has 2 aromatic heterocycles. The molecule has 0 amide bonds. The highest BCUT2D eigenvalue weighted by molar-refractivity contribution is 9.10. The van der Waals surface area contributed by atoms with Gasteiger partial charge in [-0.25, -0.2) is 9.97 Å². The Morgan fingerprint density at radius 2 is 2.06 bits per heavy atom. The molecule has 6 heteroatoms. The molecular formula is C11H6BrN5. The van der Waals surface area contributed by atoms with Gasteiger partial charge in [-0.15, -0.1) is 0 Å². The molecule has 0 aliphatic heterocycles. The van der Waals surface area contributed by atoms with Crippen molar-refractivity contribution < 1.29 is 0 Å². The van der Waals surface area contributed by atoms with E-state index in [0.717, 1.165) is 10.0 Å². The SMILES string of the molecule is Cc1cnc(-n2cnc(C#N)c2C#N)c(Br)c1. The van der Waals surface area contributed by atoms with Crippen molar-refractivity contribution in [2.45, 2.75) is 6.92 Å². The largest absolute Gasteiger partial charge is 0.272 e. The van der Waals surface area contributed by atoms with Crippen molar-refractivity contribution in [2.24, 2.45) is 0 Å². The van der Waals surface area contributed by atoms with Gasteiger partial charge in [0.15, 0.2) is 17.2 Å². The monoisotopic (exact) mass is 287 g/mol. The maximum absolute atomic E-state index is 9.02. The summed E-state index contributed by atoms with van der Waals surface area (Å²) >= 11 is 3.37. The molecule has 0 atom stereocenters. The molecular weight excluding hydrogens is 282 g/mol. The van der Waals surface area contributed by atoms with Crippen LogP contribution in [-0.4, -0.2) is 14.5 Å². The van der Waals surface area contributed by atoms with E-state index in [9.17, 15) is 0 Å². The Hall–Kier alpha value is -2.18. The molecule has 0 fully saturated rings. The second-order valence-electron chi connectivity index (χ2n) is 3.35. The Bertz CT molecular complexity index is 659. The molecule has 2 rings (SSSR count). The number of hydrogen-bond acceptors (Lipinski definition) is 4. The zero-order valence-electron chi connectivity index (χ0n) is 8.85. The Morgan fingerprint density at radius 1 is 1.29 bits per heavy atom. The minimum atomic E-state index is 0.0989. The Balaban J connectivity index is 2.66. The number of pyridine rings is 1. The van der Waals surface area contributed by atoms with Crippen molar-refractivity contribution in [3.05, 3.63) is 40.0 Å². The van der Waals surface area contributed by atoms with Gasteiger partial charge in [0.2, 0.25) is 0 Å². The summed E-state index contributed by atoms with van der Waals surface area (Å²) in [4.78, 5) is 8.08.